The summed E-state index contributed by atoms with van der Waals surface area (Å²) in [7, 11) is 0. The molecule has 1 saturated heterocycles. The number of rotatable bonds is 6. The standard InChI is InChI=1S/C17H18BrFN6O4/c1-10(26)25-6-2-3-11(9-25)17(27)21-16-15(23-29-24-16)8-20-28-22-12-4-5-14(19)13(18)7-12/h4-5,7-8,11,22H,2-3,6,9H2,1H3,(H,21,24,27)/b20-8+. The van der Waals surface area contributed by atoms with Crippen molar-refractivity contribution >= 4 is 45.5 Å². The van der Waals surface area contributed by atoms with E-state index in [1.165, 1.54) is 31.3 Å². The molecule has 0 radical (unpaired) electrons. The number of oxime groups is 1. The molecule has 154 valence electrons. The second kappa shape index (κ2) is 9.45. The van der Waals surface area contributed by atoms with Crippen LogP contribution in [0.25, 0.3) is 0 Å². The number of anilines is 2. The van der Waals surface area contributed by atoms with Crippen LogP contribution in [0.5, 0.6) is 0 Å². The molecule has 0 saturated carbocycles. The summed E-state index contributed by atoms with van der Waals surface area (Å²) < 4.78 is 18.1. The Balaban J connectivity index is 1.54. The molecule has 2 aromatic rings. The van der Waals surface area contributed by atoms with E-state index in [2.05, 4.69) is 46.8 Å². The lowest BCUT2D eigenvalue weighted by molar-refractivity contribution is -0.132. The molecule has 0 spiro atoms. The van der Waals surface area contributed by atoms with Crippen LogP contribution in [0.4, 0.5) is 15.9 Å². The molecular formula is C17H18BrFN6O4. The maximum Gasteiger partial charge on any atom is 0.230 e. The fourth-order valence-corrected chi connectivity index (χ4v) is 3.16. The molecule has 2 heterocycles. The molecule has 2 N–H and O–H groups in total. The molecule has 12 heteroatoms. The Labute approximate surface area is 173 Å². The number of aromatic nitrogens is 2. The van der Waals surface area contributed by atoms with Crippen molar-refractivity contribution in [2.75, 3.05) is 23.9 Å². The van der Waals surface area contributed by atoms with Gasteiger partial charge in [0.15, 0.2) is 5.69 Å². The minimum atomic E-state index is -0.405. The quantitative estimate of drug-likeness (QED) is 0.493. The average molecular weight is 469 g/mol. The first kappa shape index (κ1) is 20.7. The zero-order valence-electron chi connectivity index (χ0n) is 15.4. The second-order valence-electron chi connectivity index (χ2n) is 6.35. The molecule has 2 amide bonds. The van der Waals surface area contributed by atoms with Crippen molar-refractivity contribution in [2.45, 2.75) is 19.8 Å². The molecule has 29 heavy (non-hydrogen) atoms. The van der Waals surface area contributed by atoms with Crippen LogP contribution in [0.1, 0.15) is 25.5 Å². The van der Waals surface area contributed by atoms with E-state index < -0.39 is 5.82 Å². The monoisotopic (exact) mass is 468 g/mol. The third kappa shape index (κ3) is 5.50. The number of nitrogens with zero attached hydrogens (tertiary/aromatic N) is 4. The van der Waals surface area contributed by atoms with Gasteiger partial charge in [-0.15, -0.1) is 0 Å². The van der Waals surface area contributed by atoms with Gasteiger partial charge in [-0.2, -0.15) is 5.48 Å². The Hall–Kier alpha value is -3.02. The largest absolute Gasteiger partial charge is 0.342 e. The van der Waals surface area contributed by atoms with Crippen LogP contribution in [-0.4, -0.2) is 46.3 Å². The molecule has 1 atom stereocenters. The van der Waals surface area contributed by atoms with Crippen LogP contribution in [0, 0.1) is 11.7 Å². The number of hydrogen-bond donors (Lipinski definition) is 2. The van der Waals surface area contributed by atoms with Gasteiger partial charge >= 0.3 is 0 Å². The number of hydrogen-bond acceptors (Lipinski definition) is 8. The van der Waals surface area contributed by atoms with Gasteiger partial charge in [0.2, 0.25) is 17.6 Å². The Bertz CT molecular complexity index is 921. The van der Waals surface area contributed by atoms with Crippen LogP contribution < -0.4 is 10.8 Å². The Morgan fingerprint density at radius 3 is 3.03 bits per heavy atom. The average Bonchev–Trinajstić information content (AvgIpc) is 3.15. The van der Waals surface area contributed by atoms with E-state index in [9.17, 15) is 14.0 Å². The van der Waals surface area contributed by atoms with E-state index in [0.29, 0.717) is 25.2 Å². The lowest BCUT2D eigenvalue weighted by atomic mass is 9.97. The number of likely N-dealkylation sites (tertiary alicyclic amines) is 1. The second-order valence-corrected chi connectivity index (χ2v) is 7.20. The van der Waals surface area contributed by atoms with E-state index in [-0.39, 0.29) is 33.7 Å². The number of piperidine rings is 1. The van der Waals surface area contributed by atoms with Gasteiger partial charge in [0.05, 0.1) is 16.1 Å². The number of nitrogens with one attached hydrogen (secondary N) is 2. The van der Waals surface area contributed by atoms with Crippen molar-refractivity contribution < 1.29 is 23.5 Å². The van der Waals surface area contributed by atoms with Gasteiger partial charge in [0, 0.05) is 20.0 Å². The van der Waals surface area contributed by atoms with Crippen molar-refractivity contribution in [3.63, 3.8) is 0 Å². The molecule has 1 aliphatic heterocycles. The smallest absolute Gasteiger partial charge is 0.230 e. The topological polar surface area (TPSA) is 122 Å². The summed E-state index contributed by atoms with van der Waals surface area (Å²) in [6, 6.07) is 4.20. The highest BCUT2D eigenvalue weighted by molar-refractivity contribution is 9.10. The van der Waals surface area contributed by atoms with Crippen molar-refractivity contribution in [1.82, 2.24) is 15.2 Å². The molecule has 1 fully saturated rings. The number of carbonyl (C=O) groups excluding carboxylic acids is 2. The highest BCUT2D eigenvalue weighted by atomic mass is 79.9. The van der Waals surface area contributed by atoms with Gasteiger partial charge in [-0.25, -0.2) is 9.02 Å². The van der Waals surface area contributed by atoms with Gasteiger partial charge in [-0.3, -0.25) is 14.5 Å². The molecular weight excluding hydrogens is 451 g/mol. The molecule has 1 unspecified atom stereocenters. The minimum Gasteiger partial charge on any atom is -0.342 e. The van der Waals surface area contributed by atoms with Crippen molar-refractivity contribution in [3.05, 3.63) is 34.2 Å². The molecule has 0 aliphatic carbocycles. The fourth-order valence-electron chi connectivity index (χ4n) is 2.78. The number of benzene rings is 1. The van der Waals surface area contributed by atoms with Gasteiger partial charge in [0.25, 0.3) is 0 Å². The Morgan fingerprint density at radius 1 is 1.45 bits per heavy atom. The van der Waals surface area contributed by atoms with E-state index >= 15 is 0 Å². The Morgan fingerprint density at radius 2 is 2.28 bits per heavy atom. The van der Waals surface area contributed by atoms with Crippen LogP contribution >= 0.6 is 15.9 Å². The van der Waals surface area contributed by atoms with E-state index in [1.807, 2.05) is 0 Å². The summed E-state index contributed by atoms with van der Waals surface area (Å²) in [6.45, 7) is 2.49. The summed E-state index contributed by atoms with van der Waals surface area (Å²) >= 11 is 3.06. The summed E-state index contributed by atoms with van der Waals surface area (Å²) in [5.74, 6) is -0.999. The van der Waals surface area contributed by atoms with Gasteiger partial charge < -0.3 is 10.2 Å². The molecule has 1 aliphatic rings. The normalized spacial score (nSPS) is 16.7. The van der Waals surface area contributed by atoms with Crippen molar-refractivity contribution in [2.24, 2.45) is 11.1 Å². The zero-order valence-corrected chi connectivity index (χ0v) is 17.0. The van der Waals surface area contributed by atoms with Gasteiger partial charge in [-0.1, -0.05) is 5.16 Å². The maximum atomic E-state index is 13.2. The molecule has 1 aromatic carbocycles. The summed E-state index contributed by atoms with van der Waals surface area (Å²) in [4.78, 5) is 30.6. The van der Waals surface area contributed by atoms with Crippen LogP contribution in [-0.2, 0) is 14.5 Å². The minimum absolute atomic E-state index is 0.0590. The van der Waals surface area contributed by atoms with E-state index in [4.69, 9.17) is 4.94 Å². The SMILES string of the molecule is CC(=O)N1CCCC(C(=O)Nc2nonc2/C=N/ONc2ccc(F)c(Br)c2)C1. The van der Waals surface area contributed by atoms with Crippen molar-refractivity contribution in [1.29, 1.82) is 0 Å². The predicted octanol–water partition coefficient (Wildman–Crippen LogP) is 2.55. The van der Waals surface area contributed by atoms with Crippen LogP contribution in [0.2, 0.25) is 0 Å². The zero-order chi connectivity index (χ0) is 20.8. The van der Waals surface area contributed by atoms with Crippen LogP contribution in [0.15, 0.2) is 32.5 Å². The number of carbonyl (C=O) groups is 2. The number of amides is 2. The molecule has 0 bridgehead atoms. The lowest BCUT2D eigenvalue weighted by Crippen LogP contribution is -2.42. The maximum absolute atomic E-state index is 13.2. The molecule has 10 nitrogen and oxygen atoms in total. The summed E-state index contributed by atoms with van der Waals surface area (Å²) in [5.41, 5.74) is 3.12. The van der Waals surface area contributed by atoms with Crippen molar-refractivity contribution in [3.8, 4) is 0 Å². The highest BCUT2D eigenvalue weighted by Crippen LogP contribution is 2.20. The van der Waals surface area contributed by atoms with E-state index in [0.717, 1.165) is 6.42 Å². The number of halogens is 2. The molecule has 1 aromatic heterocycles. The lowest BCUT2D eigenvalue weighted by Gasteiger charge is -2.31. The summed E-state index contributed by atoms with van der Waals surface area (Å²) in [5, 5.41) is 13.6. The van der Waals surface area contributed by atoms with E-state index in [1.54, 1.807) is 4.90 Å². The third-order valence-corrected chi connectivity index (χ3v) is 4.91. The first-order valence-corrected chi connectivity index (χ1v) is 9.52. The third-order valence-electron chi connectivity index (χ3n) is 4.30. The highest BCUT2D eigenvalue weighted by Gasteiger charge is 2.28. The fraction of sp³-hybridized carbons (Fsp3) is 0.353. The van der Waals surface area contributed by atoms with Crippen LogP contribution in [0.3, 0.4) is 0 Å². The summed E-state index contributed by atoms with van der Waals surface area (Å²) in [6.07, 6.45) is 2.62. The Kier molecular flexibility index (Phi) is 6.75. The van der Waals surface area contributed by atoms with Gasteiger partial charge in [0.1, 0.15) is 12.0 Å². The van der Waals surface area contributed by atoms with Gasteiger partial charge in [-0.05, 0) is 57.3 Å². The molecule has 3 rings (SSSR count). The first-order chi connectivity index (χ1) is 13.9. The predicted molar refractivity (Wildman–Crippen MR) is 104 cm³/mol. The first-order valence-electron chi connectivity index (χ1n) is 8.73.